The summed E-state index contributed by atoms with van der Waals surface area (Å²) in [4.78, 5) is 4.30. The summed E-state index contributed by atoms with van der Waals surface area (Å²) in [5.41, 5.74) is -0.0542. The van der Waals surface area contributed by atoms with Crippen LogP contribution < -0.4 is 0 Å². The zero-order chi connectivity index (χ0) is 17.3. The maximum absolute atomic E-state index is 13.1. The predicted octanol–water partition coefficient (Wildman–Crippen LogP) is 4.97. The van der Waals surface area contributed by atoms with Crippen molar-refractivity contribution in [1.29, 1.82) is 0 Å². The monoisotopic (exact) mass is 372 g/mol. The third kappa shape index (κ3) is 3.21. The minimum absolute atomic E-state index is 0.102. The Morgan fingerprint density at radius 1 is 1.29 bits per heavy atom. The second-order valence-electron chi connectivity index (χ2n) is 5.00. The summed E-state index contributed by atoms with van der Waals surface area (Å²) in [6, 6.07) is 4.32. The average Bonchev–Trinajstić information content (AvgIpc) is 2.97. The lowest BCUT2D eigenvalue weighted by Crippen LogP contribution is -2.07. The van der Waals surface area contributed by atoms with Crippen molar-refractivity contribution in [2.24, 2.45) is 0 Å². The van der Waals surface area contributed by atoms with E-state index in [9.17, 15) is 13.2 Å². The predicted molar refractivity (Wildman–Crippen MR) is 87.2 cm³/mol. The average molecular weight is 373 g/mol. The molecule has 0 radical (unpaired) electrons. The number of hydrogen-bond donors (Lipinski definition) is 0. The van der Waals surface area contributed by atoms with Crippen LogP contribution in [-0.2, 0) is 6.18 Å². The molecule has 0 spiro atoms. The lowest BCUT2D eigenvalue weighted by molar-refractivity contribution is -0.137. The van der Waals surface area contributed by atoms with Gasteiger partial charge in [0.1, 0.15) is 5.03 Å². The van der Waals surface area contributed by atoms with Crippen molar-refractivity contribution < 1.29 is 13.2 Å². The fraction of sp³-hybridized carbons (Fsp3) is 0.267. The van der Waals surface area contributed by atoms with Crippen LogP contribution in [0.4, 0.5) is 13.2 Å². The van der Waals surface area contributed by atoms with Gasteiger partial charge in [-0.2, -0.15) is 13.2 Å². The van der Waals surface area contributed by atoms with E-state index in [0.717, 1.165) is 24.4 Å². The summed E-state index contributed by atoms with van der Waals surface area (Å²) in [6.07, 6.45) is -0.962. The molecule has 0 atom stereocenters. The first kappa shape index (κ1) is 17.0. The number of alkyl halides is 3. The van der Waals surface area contributed by atoms with Gasteiger partial charge in [0, 0.05) is 12.4 Å². The van der Waals surface area contributed by atoms with Crippen molar-refractivity contribution >= 4 is 29.0 Å². The van der Waals surface area contributed by atoms with Crippen molar-refractivity contribution in [2.75, 3.05) is 5.75 Å². The summed E-state index contributed by atoms with van der Waals surface area (Å²) >= 11 is 7.47. The Kier molecular flexibility index (Phi) is 4.69. The topological polar surface area (TPSA) is 43.1 Å². The van der Waals surface area contributed by atoms with Crippen molar-refractivity contribution in [2.45, 2.75) is 24.5 Å². The van der Waals surface area contributed by atoms with E-state index in [-0.39, 0.29) is 16.5 Å². The van der Waals surface area contributed by atoms with Crippen molar-refractivity contribution in [3.05, 3.63) is 41.2 Å². The molecule has 3 rings (SSSR count). The molecule has 4 nitrogen and oxygen atoms in total. The Morgan fingerprint density at radius 2 is 2.08 bits per heavy atom. The van der Waals surface area contributed by atoms with E-state index in [1.807, 2.05) is 6.92 Å². The van der Waals surface area contributed by atoms with E-state index in [1.165, 1.54) is 16.2 Å². The van der Waals surface area contributed by atoms with Gasteiger partial charge in [0.15, 0.2) is 11.5 Å². The molecule has 0 fully saturated rings. The number of aromatic nitrogens is 4. The molecule has 0 saturated carbocycles. The second-order valence-corrected chi connectivity index (χ2v) is 6.49. The number of thioether (sulfide) groups is 1. The minimum atomic E-state index is -4.51. The van der Waals surface area contributed by atoms with E-state index in [0.29, 0.717) is 10.6 Å². The van der Waals surface area contributed by atoms with Gasteiger partial charge < -0.3 is 0 Å². The Hall–Kier alpha value is -1.80. The number of hydrogen-bond acceptors (Lipinski definition) is 4. The molecule has 0 aliphatic rings. The van der Waals surface area contributed by atoms with Crippen LogP contribution in [0, 0.1) is 0 Å². The molecule has 9 heteroatoms. The fourth-order valence-corrected chi connectivity index (χ4v) is 3.26. The second kappa shape index (κ2) is 6.60. The summed E-state index contributed by atoms with van der Waals surface area (Å²) in [6.45, 7) is 2.04. The van der Waals surface area contributed by atoms with Gasteiger partial charge in [-0.05, 0) is 30.4 Å². The van der Waals surface area contributed by atoms with E-state index >= 15 is 0 Å². The number of nitrogens with zero attached hydrogens (tertiary/aromatic N) is 4. The molecule has 3 aromatic heterocycles. The largest absolute Gasteiger partial charge is 0.417 e. The van der Waals surface area contributed by atoms with Gasteiger partial charge in [0.25, 0.3) is 0 Å². The minimum Gasteiger partial charge on any atom is -0.280 e. The molecule has 0 amide bonds. The Labute approximate surface area is 145 Å². The summed E-state index contributed by atoms with van der Waals surface area (Å²) in [5, 5.41) is 8.54. The van der Waals surface area contributed by atoms with Gasteiger partial charge in [-0.25, -0.2) is 4.98 Å². The van der Waals surface area contributed by atoms with Crippen LogP contribution >= 0.6 is 23.4 Å². The Bertz CT molecular complexity index is 879. The third-order valence-corrected chi connectivity index (χ3v) is 4.73. The number of pyridine rings is 2. The summed E-state index contributed by atoms with van der Waals surface area (Å²) in [5.74, 6) is 1.12. The van der Waals surface area contributed by atoms with Crippen LogP contribution in [0.2, 0.25) is 5.02 Å². The highest BCUT2D eigenvalue weighted by Gasteiger charge is 2.32. The van der Waals surface area contributed by atoms with E-state index in [4.69, 9.17) is 11.6 Å². The quantitative estimate of drug-likeness (QED) is 0.607. The fourth-order valence-electron chi connectivity index (χ4n) is 2.17. The molecular weight excluding hydrogens is 361 g/mol. The summed E-state index contributed by atoms with van der Waals surface area (Å²) in [7, 11) is 0. The molecule has 0 N–H and O–H groups in total. The Morgan fingerprint density at radius 3 is 2.79 bits per heavy atom. The molecular formula is C15H12ClF3N4S. The molecule has 0 aromatic carbocycles. The third-order valence-electron chi connectivity index (χ3n) is 3.24. The van der Waals surface area contributed by atoms with Gasteiger partial charge in [0.2, 0.25) is 0 Å². The highest BCUT2D eigenvalue weighted by atomic mass is 35.5. The Balaban J connectivity index is 2.19. The number of rotatable bonds is 4. The van der Waals surface area contributed by atoms with Crippen LogP contribution in [-0.4, -0.2) is 25.3 Å². The highest BCUT2D eigenvalue weighted by molar-refractivity contribution is 7.99. The first-order valence-electron chi connectivity index (χ1n) is 7.11. The lowest BCUT2D eigenvalue weighted by Gasteiger charge is -2.10. The molecule has 3 heterocycles. The zero-order valence-corrected chi connectivity index (χ0v) is 14.1. The highest BCUT2D eigenvalue weighted by Crippen LogP contribution is 2.35. The zero-order valence-electron chi connectivity index (χ0n) is 12.5. The smallest absolute Gasteiger partial charge is 0.280 e. The van der Waals surface area contributed by atoms with Crippen molar-refractivity contribution in [3.63, 3.8) is 0 Å². The maximum Gasteiger partial charge on any atom is 0.417 e. The van der Waals surface area contributed by atoms with Crippen molar-refractivity contribution in [3.8, 4) is 11.4 Å². The lowest BCUT2D eigenvalue weighted by atomic mass is 10.2. The molecule has 0 bridgehead atoms. The number of halogens is 4. The first-order chi connectivity index (χ1) is 11.4. The van der Waals surface area contributed by atoms with Gasteiger partial charge >= 0.3 is 6.18 Å². The molecule has 3 aromatic rings. The first-order valence-corrected chi connectivity index (χ1v) is 8.48. The molecule has 24 heavy (non-hydrogen) atoms. The van der Waals surface area contributed by atoms with Gasteiger partial charge in [-0.1, -0.05) is 18.5 Å². The normalized spacial score (nSPS) is 12.0. The molecule has 0 aliphatic carbocycles. The van der Waals surface area contributed by atoms with E-state index in [2.05, 4.69) is 15.2 Å². The standard InChI is InChI=1S/C15H12ClF3N4S/c1-2-6-24-14-10(4-3-5-20-14)12-21-22-13-11(16)7-9(8-23(12)13)15(17,18)19/h3-5,7-8H,2,6H2,1H3. The molecule has 0 unspecified atom stereocenters. The van der Waals surface area contributed by atoms with Crippen LogP contribution in [0.5, 0.6) is 0 Å². The maximum atomic E-state index is 13.1. The van der Waals surface area contributed by atoms with Crippen LogP contribution in [0.15, 0.2) is 35.6 Å². The number of fused-ring (bicyclic) bond motifs is 1. The SMILES string of the molecule is CCCSc1ncccc1-c1nnc2c(Cl)cc(C(F)(F)F)cn12. The summed E-state index contributed by atoms with van der Waals surface area (Å²) < 4.78 is 40.4. The molecule has 0 aliphatic heterocycles. The van der Waals surface area contributed by atoms with Crippen LogP contribution in [0.3, 0.4) is 0 Å². The molecule has 0 saturated heterocycles. The van der Waals surface area contributed by atoms with E-state index < -0.39 is 11.7 Å². The van der Waals surface area contributed by atoms with Crippen LogP contribution in [0.25, 0.3) is 17.0 Å². The van der Waals surface area contributed by atoms with Crippen molar-refractivity contribution in [1.82, 2.24) is 19.6 Å². The van der Waals surface area contributed by atoms with Gasteiger partial charge in [-0.3, -0.25) is 4.40 Å². The van der Waals surface area contributed by atoms with Gasteiger partial charge in [0.05, 0.1) is 16.1 Å². The van der Waals surface area contributed by atoms with Gasteiger partial charge in [-0.15, -0.1) is 22.0 Å². The van der Waals surface area contributed by atoms with Crippen LogP contribution in [0.1, 0.15) is 18.9 Å². The van der Waals surface area contributed by atoms with E-state index in [1.54, 1.807) is 18.3 Å². The molecule has 126 valence electrons.